The van der Waals surface area contributed by atoms with E-state index in [2.05, 4.69) is 39.5 Å². The van der Waals surface area contributed by atoms with Gasteiger partial charge in [-0.2, -0.15) is 0 Å². The number of carbonyl (C=O) groups excluding carboxylic acids is 1. The van der Waals surface area contributed by atoms with E-state index in [1.807, 2.05) is 0 Å². The maximum atomic E-state index is 10.2. The lowest BCUT2D eigenvalue weighted by molar-refractivity contribution is -0.129. The van der Waals surface area contributed by atoms with Gasteiger partial charge in [-0.15, -0.1) is 0 Å². The molecule has 0 saturated heterocycles. The zero-order valence-corrected chi connectivity index (χ0v) is 39.6. The summed E-state index contributed by atoms with van der Waals surface area (Å²) in [6.07, 6.45) is 51.3. The maximum Gasteiger partial charge on any atom is 0.293 e. The van der Waals surface area contributed by atoms with Crippen LogP contribution in [-0.2, 0) is 14.3 Å². The van der Waals surface area contributed by atoms with Crippen molar-refractivity contribution in [3.8, 4) is 0 Å². The summed E-state index contributed by atoms with van der Waals surface area (Å²) in [6, 6.07) is 0. The predicted octanol–water partition coefficient (Wildman–Crippen LogP) is 15.9. The largest absolute Gasteiger partial charge is 0.483 e. The molecule has 0 aliphatic carbocycles. The van der Waals surface area contributed by atoms with E-state index in [-0.39, 0.29) is 6.47 Å². The monoisotopic (exact) mass is 812 g/mol. The molecule has 6 nitrogen and oxygen atoms in total. The predicted molar refractivity (Wildman–Crippen MR) is 250 cm³/mol. The molecule has 0 unspecified atom stereocenters. The fourth-order valence-electron chi connectivity index (χ4n) is 8.19. The first-order valence-corrected chi connectivity index (χ1v) is 25.5. The Bertz CT molecular complexity index is 679. The van der Waals surface area contributed by atoms with Crippen molar-refractivity contribution in [3.63, 3.8) is 0 Å². The van der Waals surface area contributed by atoms with Gasteiger partial charge in [0.2, 0.25) is 0 Å². The Kier molecular flexibility index (Phi) is 60.1. The average molecular weight is 812 g/mol. The van der Waals surface area contributed by atoms with Gasteiger partial charge in [0.1, 0.15) is 0 Å². The third kappa shape index (κ3) is 54.9. The molecule has 0 bridgehead atoms. The second kappa shape index (κ2) is 57.0. The summed E-state index contributed by atoms with van der Waals surface area (Å²) in [7, 11) is 0. The van der Waals surface area contributed by atoms with Crippen molar-refractivity contribution in [3.05, 3.63) is 0 Å². The number of aliphatic hydroxyl groups is 1. The first-order chi connectivity index (χ1) is 28.0. The summed E-state index contributed by atoms with van der Waals surface area (Å²) >= 11 is 0. The van der Waals surface area contributed by atoms with Crippen molar-refractivity contribution in [1.29, 1.82) is 0 Å². The maximum absolute atomic E-state index is 10.2. The molecule has 0 heterocycles. The normalized spacial score (nSPS) is 11.1. The average Bonchev–Trinajstić information content (AvgIpc) is 3.21. The van der Waals surface area contributed by atoms with Crippen LogP contribution in [0.5, 0.6) is 0 Å². The number of ether oxygens (including phenoxy) is 1. The minimum atomic E-state index is -0.250. The molecule has 57 heavy (non-hydrogen) atoms. The summed E-state index contributed by atoms with van der Waals surface area (Å²) < 4.78 is 4.84. The Morgan fingerprint density at radius 1 is 0.404 bits per heavy atom. The summed E-state index contributed by atoms with van der Waals surface area (Å²) in [6.45, 7) is 15.9. The Labute approximate surface area is 358 Å². The molecule has 0 atom stereocenters. The van der Waals surface area contributed by atoms with Gasteiger partial charge in [0.05, 0.1) is 13.2 Å². The fraction of sp³-hybridized carbons (Fsp3) is 0.961. The Morgan fingerprint density at radius 2 is 0.667 bits per heavy atom. The molecule has 0 saturated carbocycles. The quantitative estimate of drug-likeness (QED) is 0.0470. The molecule has 0 aromatic heterocycles. The van der Waals surface area contributed by atoms with Gasteiger partial charge in [0.25, 0.3) is 12.9 Å². The van der Waals surface area contributed by atoms with Crippen LogP contribution < -0.4 is 0 Å². The molecular formula is C51H105NO5. The molecule has 0 amide bonds. The van der Waals surface area contributed by atoms with Gasteiger partial charge in [-0.1, -0.05) is 253 Å². The first kappa shape index (κ1) is 60.2. The topological polar surface area (TPSA) is 87.1 Å². The van der Waals surface area contributed by atoms with Gasteiger partial charge in [-0.25, -0.2) is 0 Å². The van der Waals surface area contributed by atoms with Crippen LogP contribution in [0.1, 0.15) is 272 Å². The zero-order valence-electron chi connectivity index (χ0n) is 39.6. The second-order valence-electron chi connectivity index (χ2n) is 17.3. The molecule has 0 aromatic rings. The highest BCUT2D eigenvalue weighted by molar-refractivity contribution is 5.36. The van der Waals surface area contributed by atoms with E-state index in [0.29, 0.717) is 19.7 Å². The van der Waals surface area contributed by atoms with E-state index in [1.54, 1.807) is 0 Å². The molecule has 0 radical (unpaired) electrons. The highest BCUT2D eigenvalue weighted by Crippen LogP contribution is 2.25. The molecule has 0 aliphatic rings. The van der Waals surface area contributed by atoms with Gasteiger partial charge >= 0.3 is 0 Å². The van der Waals surface area contributed by atoms with Gasteiger partial charge in [0.15, 0.2) is 0 Å². The lowest BCUT2D eigenvalue weighted by Crippen LogP contribution is -2.29. The molecule has 344 valence electrons. The molecular weight excluding hydrogens is 707 g/mol. The summed E-state index contributed by atoms with van der Waals surface area (Å²) in [5.41, 5.74) is 0. The van der Waals surface area contributed by atoms with Gasteiger partial charge in [-0.05, 0) is 44.2 Å². The number of aliphatic hydroxyl groups excluding tert-OH is 1. The third-order valence-corrected chi connectivity index (χ3v) is 11.9. The summed E-state index contributed by atoms with van der Waals surface area (Å²) in [4.78, 5) is 21.0. The van der Waals surface area contributed by atoms with Crippen LogP contribution in [0.3, 0.4) is 0 Å². The molecule has 0 fully saturated rings. The molecule has 6 heteroatoms. The summed E-state index contributed by atoms with van der Waals surface area (Å²) in [5.74, 6) is 1.76. The van der Waals surface area contributed by atoms with Crippen LogP contribution >= 0.6 is 0 Å². The number of nitrogens with zero attached hydrogens (tertiary/aromatic N) is 1. The molecule has 0 aliphatic heterocycles. The molecule has 0 aromatic carbocycles. The SMILES string of the molecule is CCCCCCC(CCCCCC)CCOC=O.CCCCCCCCC(CCCCCCCC)CCCCCCCN(CCO)CCCCCCCC.O=CO. The second-order valence-corrected chi connectivity index (χ2v) is 17.3. The summed E-state index contributed by atoms with van der Waals surface area (Å²) in [5, 5.41) is 16.3. The third-order valence-electron chi connectivity index (χ3n) is 11.9. The molecule has 0 rings (SSSR count). The Hall–Kier alpha value is -1.14. The first-order valence-electron chi connectivity index (χ1n) is 25.5. The molecule has 0 spiro atoms. The number of carbonyl (C=O) groups is 2. The van der Waals surface area contributed by atoms with E-state index in [0.717, 1.165) is 24.8 Å². The van der Waals surface area contributed by atoms with Crippen molar-refractivity contribution < 1.29 is 24.5 Å². The standard InChI is InChI=1S/C34H71NO.C16H32O2.CH2O2/c1-4-7-10-13-17-22-27-34(28-23-18-14-11-8-5-2)29-24-19-16-21-26-31-35(32-33-36)30-25-20-15-12-9-6-3;1-3-5-7-9-11-16(13-14-18-15-17)12-10-8-6-4-2;2-1-3/h34,36H,4-33H2,1-3H3;15-16H,3-14H2,1-2H3;1H,(H,2,3). The molecule has 2 N–H and O–H groups in total. The van der Waals surface area contributed by atoms with Crippen LogP contribution in [-0.4, -0.2) is 60.9 Å². The van der Waals surface area contributed by atoms with Crippen molar-refractivity contribution >= 4 is 12.9 Å². The van der Waals surface area contributed by atoms with E-state index < -0.39 is 0 Å². The fourth-order valence-corrected chi connectivity index (χ4v) is 8.19. The van der Waals surface area contributed by atoms with Crippen LogP contribution in [0.15, 0.2) is 0 Å². The van der Waals surface area contributed by atoms with Gasteiger partial charge < -0.3 is 19.8 Å². The Balaban J connectivity index is -0.00000116. The van der Waals surface area contributed by atoms with E-state index in [1.165, 1.54) is 244 Å². The number of unbranched alkanes of at least 4 members (excludes halogenated alkanes) is 25. The highest BCUT2D eigenvalue weighted by atomic mass is 16.5. The minimum Gasteiger partial charge on any atom is -0.483 e. The van der Waals surface area contributed by atoms with Gasteiger partial charge in [0, 0.05) is 6.54 Å². The van der Waals surface area contributed by atoms with Gasteiger partial charge in [-0.3, -0.25) is 9.59 Å². The van der Waals surface area contributed by atoms with E-state index in [9.17, 15) is 9.90 Å². The van der Waals surface area contributed by atoms with Crippen LogP contribution in [0, 0.1) is 11.8 Å². The minimum absolute atomic E-state index is 0.250. The smallest absolute Gasteiger partial charge is 0.293 e. The number of hydrogen-bond donors (Lipinski definition) is 2. The van der Waals surface area contributed by atoms with E-state index in [4.69, 9.17) is 14.6 Å². The number of hydrogen-bond acceptors (Lipinski definition) is 5. The highest BCUT2D eigenvalue weighted by Gasteiger charge is 2.10. The Morgan fingerprint density at radius 3 is 0.965 bits per heavy atom. The lowest BCUT2D eigenvalue weighted by Gasteiger charge is -2.21. The van der Waals surface area contributed by atoms with Crippen molar-refractivity contribution in [2.45, 2.75) is 272 Å². The van der Waals surface area contributed by atoms with Crippen LogP contribution in [0.4, 0.5) is 0 Å². The number of rotatable bonds is 45. The van der Waals surface area contributed by atoms with Crippen molar-refractivity contribution in [1.82, 2.24) is 4.90 Å². The van der Waals surface area contributed by atoms with Crippen LogP contribution in [0.25, 0.3) is 0 Å². The zero-order chi connectivity index (χ0) is 42.6. The van der Waals surface area contributed by atoms with Crippen molar-refractivity contribution in [2.24, 2.45) is 11.8 Å². The van der Waals surface area contributed by atoms with Crippen molar-refractivity contribution in [2.75, 3.05) is 32.8 Å². The lowest BCUT2D eigenvalue weighted by atomic mass is 9.89. The van der Waals surface area contributed by atoms with E-state index >= 15 is 0 Å². The number of carboxylic acid groups (broad SMARTS) is 1. The van der Waals surface area contributed by atoms with Crippen LogP contribution in [0.2, 0.25) is 0 Å².